The second kappa shape index (κ2) is 3.38. The molecule has 0 aliphatic carbocycles. The van der Waals surface area contributed by atoms with Gasteiger partial charge in [-0.05, 0) is 36.8 Å². The molecule has 0 fully saturated rings. The first-order valence-electron chi connectivity index (χ1n) is 4.92. The second-order valence-corrected chi connectivity index (χ2v) is 4.09. The fourth-order valence-corrected chi connectivity index (χ4v) is 1.98. The standard InChI is InChI=1S/C11H10N2O2S/c1-6-2-9-10(15-5-14-9)3-7(6)8-4-12-11(16)13-8/h2-4H,5H2,1H3,(H2,12,13,16). The van der Waals surface area contributed by atoms with Crippen LogP contribution in [0.15, 0.2) is 18.3 Å². The number of aryl methyl sites for hydroxylation is 1. The first-order valence-corrected chi connectivity index (χ1v) is 5.33. The number of benzene rings is 1. The van der Waals surface area contributed by atoms with Crippen molar-refractivity contribution in [2.24, 2.45) is 0 Å². The van der Waals surface area contributed by atoms with Gasteiger partial charge in [0, 0.05) is 11.8 Å². The van der Waals surface area contributed by atoms with Gasteiger partial charge in [0.15, 0.2) is 16.3 Å². The lowest BCUT2D eigenvalue weighted by atomic mass is 10.1. The maximum atomic E-state index is 5.35. The Kier molecular flexibility index (Phi) is 2.00. The molecule has 2 heterocycles. The number of ether oxygens (including phenoxy) is 2. The molecule has 1 aromatic carbocycles. The molecule has 1 aromatic heterocycles. The fourth-order valence-electron chi connectivity index (χ4n) is 1.81. The molecule has 0 bridgehead atoms. The minimum atomic E-state index is 0.293. The van der Waals surface area contributed by atoms with Crippen molar-refractivity contribution in [3.63, 3.8) is 0 Å². The van der Waals surface area contributed by atoms with Crippen LogP contribution in [0.4, 0.5) is 0 Å². The van der Waals surface area contributed by atoms with Crippen LogP contribution < -0.4 is 9.47 Å². The van der Waals surface area contributed by atoms with Crippen LogP contribution >= 0.6 is 12.2 Å². The Morgan fingerprint density at radius 1 is 1.25 bits per heavy atom. The first-order chi connectivity index (χ1) is 7.74. The predicted molar refractivity (Wildman–Crippen MR) is 62.3 cm³/mol. The molecule has 0 radical (unpaired) electrons. The lowest BCUT2D eigenvalue weighted by molar-refractivity contribution is 0.174. The van der Waals surface area contributed by atoms with E-state index in [4.69, 9.17) is 21.7 Å². The number of nitrogens with one attached hydrogen (secondary N) is 2. The van der Waals surface area contributed by atoms with E-state index in [0.717, 1.165) is 28.3 Å². The molecule has 0 saturated carbocycles. The van der Waals surface area contributed by atoms with Gasteiger partial charge in [-0.2, -0.15) is 0 Å². The molecule has 16 heavy (non-hydrogen) atoms. The SMILES string of the molecule is Cc1cc2c(cc1-c1c[nH]c(=S)[nH]1)OCO2. The smallest absolute Gasteiger partial charge is 0.231 e. The Bertz CT molecular complexity index is 600. The van der Waals surface area contributed by atoms with E-state index in [1.165, 1.54) is 0 Å². The Morgan fingerprint density at radius 2 is 2.00 bits per heavy atom. The van der Waals surface area contributed by atoms with E-state index in [1.54, 1.807) is 0 Å². The molecular formula is C11H10N2O2S. The Hall–Kier alpha value is -1.75. The van der Waals surface area contributed by atoms with Crippen molar-refractivity contribution in [1.29, 1.82) is 0 Å². The Labute approximate surface area is 97.2 Å². The maximum absolute atomic E-state index is 5.35. The molecule has 0 saturated heterocycles. The van der Waals surface area contributed by atoms with E-state index in [9.17, 15) is 0 Å². The van der Waals surface area contributed by atoms with E-state index >= 15 is 0 Å². The molecule has 1 aliphatic heterocycles. The topological polar surface area (TPSA) is 50.0 Å². The highest BCUT2D eigenvalue weighted by atomic mass is 32.1. The zero-order chi connectivity index (χ0) is 11.1. The normalized spacial score (nSPS) is 13.1. The van der Waals surface area contributed by atoms with E-state index in [-0.39, 0.29) is 0 Å². The minimum absolute atomic E-state index is 0.293. The van der Waals surface area contributed by atoms with Gasteiger partial charge in [0.05, 0.1) is 5.69 Å². The van der Waals surface area contributed by atoms with Gasteiger partial charge < -0.3 is 19.4 Å². The van der Waals surface area contributed by atoms with E-state index in [1.807, 2.05) is 25.3 Å². The molecular weight excluding hydrogens is 224 g/mol. The van der Waals surface area contributed by atoms with Crippen LogP contribution in [0.2, 0.25) is 0 Å². The van der Waals surface area contributed by atoms with Crippen LogP contribution in [-0.2, 0) is 0 Å². The molecule has 2 aromatic rings. The number of imidazole rings is 1. The lowest BCUT2D eigenvalue weighted by Crippen LogP contribution is -1.92. The summed E-state index contributed by atoms with van der Waals surface area (Å²) < 4.78 is 11.3. The molecule has 3 rings (SSSR count). The van der Waals surface area contributed by atoms with Crippen molar-refractivity contribution in [2.45, 2.75) is 6.92 Å². The third kappa shape index (κ3) is 1.40. The summed E-state index contributed by atoms with van der Waals surface area (Å²) in [6, 6.07) is 3.94. The quantitative estimate of drug-likeness (QED) is 0.746. The van der Waals surface area contributed by atoms with Gasteiger partial charge in [0.25, 0.3) is 0 Å². The first kappa shape index (κ1) is 9.47. The minimum Gasteiger partial charge on any atom is -0.454 e. The number of H-pyrrole nitrogens is 2. The third-order valence-electron chi connectivity index (χ3n) is 2.61. The van der Waals surface area contributed by atoms with Crippen LogP contribution in [0.1, 0.15) is 5.56 Å². The summed E-state index contributed by atoms with van der Waals surface area (Å²) in [7, 11) is 0. The van der Waals surface area contributed by atoms with Crippen LogP contribution in [-0.4, -0.2) is 16.8 Å². The summed E-state index contributed by atoms with van der Waals surface area (Å²) in [5.41, 5.74) is 3.15. The number of rotatable bonds is 1. The average Bonchev–Trinajstić information content (AvgIpc) is 2.84. The molecule has 2 N–H and O–H groups in total. The van der Waals surface area contributed by atoms with Crippen molar-refractivity contribution in [3.05, 3.63) is 28.7 Å². The summed E-state index contributed by atoms with van der Waals surface area (Å²) in [6.45, 7) is 2.32. The molecule has 4 nitrogen and oxygen atoms in total. The van der Waals surface area contributed by atoms with Crippen molar-refractivity contribution >= 4 is 12.2 Å². The zero-order valence-corrected chi connectivity index (χ0v) is 9.48. The maximum Gasteiger partial charge on any atom is 0.231 e. The van der Waals surface area contributed by atoms with Crippen LogP contribution in [0.5, 0.6) is 11.5 Å². The van der Waals surface area contributed by atoms with Gasteiger partial charge in [0.1, 0.15) is 0 Å². The van der Waals surface area contributed by atoms with Crippen molar-refractivity contribution in [1.82, 2.24) is 9.97 Å². The van der Waals surface area contributed by atoms with Gasteiger partial charge >= 0.3 is 0 Å². The van der Waals surface area contributed by atoms with Crippen LogP contribution in [0, 0.1) is 11.7 Å². The number of aromatic nitrogens is 2. The summed E-state index contributed by atoms with van der Waals surface area (Å²) in [5.74, 6) is 1.58. The fraction of sp³-hybridized carbons (Fsp3) is 0.182. The number of fused-ring (bicyclic) bond motifs is 1. The molecule has 0 spiro atoms. The highest BCUT2D eigenvalue weighted by Gasteiger charge is 2.16. The van der Waals surface area contributed by atoms with Crippen molar-refractivity contribution in [3.8, 4) is 22.8 Å². The van der Waals surface area contributed by atoms with Crippen molar-refractivity contribution in [2.75, 3.05) is 6.79 Å². The highest BCUT2D eigenvalue weighted by molar-refractivity contribution is 7.71. The molecule has 0 unspecified atom stereocenters. The van der Waals surface area contributed by atoms with Gasteiger partial charge in [-0.1, -0.05) is 0 Å². The van der Waals surface area contributed by atoms with Crippen molar-refractivity contribution < 1.29 is 9.47 Å². The highest BCUT2D eigenvalue weighted by Crippen LogP contribution is 2.37. The largest absolute Gasteiger partial charge is 0.454 e. The van der Waals surface area contributed by atoms with Gasteiger partial charge in [-0.3, -0.25) is 0 Å². The summed E-state index contributed by atoms with van der Waals surface area (Å²) in [5, 5.41) is 0. The molecule has 0 atom stereocenters. The Balaban J connectivity index is 2.18. The van der Waals surface area contributed by atoms with E-state index in [2.05, 4.69) is 9.97 Å². The number of aromatic amines is 2. The summed E-state index contributed by atoms with van der Waals surface area (Å²) in [4.78, 5) is 6.04. The summed E-state index contributed by atoms with van der Waals surface area (Å²) >= 11 is 5.01. The van der Waals surface area contributed by atoms with Crippen LogP contribution in [0.25, 0.3) is 11.3 Å². The monoisotopic (exact) mass is 234 g/mol. The van der Waals surface area contributed by atoms with Crippen LogP contribution in [0.3, 0.4) is 0 Å². The molecule has 1 aliphatic rings. The molecule has 0 amide bonds. The Morgan fingerprint density at radius 3 is 2.69 bits per heavy atom. The molecule has 5 heteroatoms. The van der Waals surface area contributed by atoms with E-state index < -0.39 is 0 Å². The summed E-state index contributed by atoms with van der Waals surface area (Å²) in [6.07, 6.45) is 1.85. The average molecular weight is 234 g/mol. The number of hydrogen-bond donors (Lipinski definition) is 2. The number of hydrogen-bond acceptors (Lipinski definition) is 3. The third-order valence-corrected chi connectivity index (χ3v) is 2.83. The molecule has 82 valence electrons. The lowest BCUT2D eigenvalue weighted by Gasteiger charge is -2.05. The second-order valence-electron chi connectivity index (χ2n) is 3.68. The van der Waals surface area contributed by atoms with Gasteiger partial charge in [0.2, 0.25) is 6.79 Å². The predicted octanol–water partition coefficient (Wildman–Crippen LogP) is 2.78. The van der Waals surface area contributed by atoms with E-state index in [0.29, 0.717) is 11.6 Å². The zero-order valence-electron chi connectivity index (χ0n) is 8.66. The van der Waals surface area contributed by atoms with Gasteiger partial charge in [-0.15, -0.1) is 0 Å². The van der Waals surface area contributed by atoms with Gasteiger partial charge in [-0.25, -0.2) is 0 Å².